The molecule has 0 radical (unpaired) electrons. The lowest BCUT2D eigenvalue weighted by molar-refractivity contribution is 0.331. The van der Waals surface area contributed by atoms with Crippen molar-refractivity contribution in [1.29, 1.82) is 0 Å². The Balaban J connectivity index is 1.31. The molecule has 4 nitrogen and oxygen atoms in total. The highest BCUT2D eigenvalue weighted by Crippen LogP contribution is 2.44. The van der Waals surface area contributed by atoms with Gasteiger partial charge in [0.1, 0.15) is 5.75 Å². The predicted octanol–water partition coefficient (Wildman–Crippen LogP) is 3.27. The third-order valence-corrected chi connectivity index (χ3v) is 6.50. The molecule has 1 N–H and O–H groups in total. The molecule has 0 spiro atoms. The van der Waals surface area contributed by atoms with Gasteiger partial charge in [-0.25, -0.2) is 0 Å². The van der Waals surface area contributed by atoms with Gasteiger partial charge in [0.2, 0.25) is 0 Å². The van der Waals surface area contributed by atoms with E-state index in [2.05, 4.69) is 33.3 Å². The lowest BCUT2D eigenvalue weighted by Crippen LogP contribution is -2.54. The first-order valence-electron chi connectivity index (χ1n) is 9.77. The molecule has 2 bridgehead atoms. The van der Waals surface area contributed by atoms with E-state index in [1.807, 2.05) is 13.0 Å². The molecule has 2 aliphatic carbocycles. The molecule has 1 saturated heterocycles. The van der Waals surface area contributed by atoms with Crippen LogP contribution in [0.15, 0.2) is 24.3 Å². The summed E-state index contributed by atoms with van der Waals surface area (Å²) in [5, 5.41) is 4.65. The molecule has 0 unspecified atom stereocenters. The molecule has 1 heterocycles. The number of ether oxygens (including phenoxy) is 1. The Bertz CT molecular complexity index is 615. The summed E-state index contributed by atoms with van der Waals surface area (Å²) in [4.78, 5) is 4.77. The second kappa shape index (κ2) is 7.40. The molecular weight excluding hydrogens is 330 g/mol. The average molecular weight is 360 g/mol. The first kappa shape index (κ1) is 17.0. The van der Waals surface area contributed by atoms with Gasteiger partial charge in [-0.3, -0.25) is 0 Å². The van der Waals surface area contributed by atoms with Crippen LogP contribution in [0.5, 0.6) is 5.75 Å². The molecule has 3 aliphatic rings. The van der Waals surface area contributed by atoms with Gasteiger partial charge < -0.3 is 19.9 Å². The SMILES string of the molecule is CCOc1ccccc1N1CCN(C(=S)N[C@H]2C[C@@H]3CC[C@H]2C3)CC1. The van der Waals surface area contributed by atoms with E-state index in [9.17, 15) is 0 Å². The summed E-state index contributed by atoms with van der Waals surface area (Å²) < 4.78 is 5.79. The van der Waals surface area contributed by atoms with Crippen LogP contribution in [0.2, 0.25) is 0 Å². The number of fused-ring (bicyclic) bond motifs is 2. The number of nitrogens with one attached hydrogen (secondary N) is 1. The third kappa shape index (κ3) is 3.57. The Morgan fingerprint density at radius 2 is 1.96 bits per heavy atom. The fourth-order valence-corrected chi connectivity index (χ4v) is 5.15. The molecule has 3 atom stereocenters. The number of benzene rings is 1. The summed E-state index contributed by atoms with van der Waals surface area (Å²) in [5.74, 6) is 2.81. The summed E-state index contributed by atoms with van der Waals surface area (Å²) in [6, 6.07) is 8.98. The summed E-state index contributed by atoms with van der Waals surface area (Å²) in [6.07, 6.45) is 5.58. The van der Waals surface area contributed by atoms with E-state index in [0.717, 1.165) is 48.9 Å². The van der Waals surface area contributed by atoms with E-state index >= 15 is 0 Å². The normalized spacial score (nSPS) is 28.3. The fourth-order valence-electron chi connectivity index (χ4n) is 4.82. The molecule has 1 aromatic rings. The number of nitrogens with zero attached hydrogens (tertiary/aromatic N) is 2. The van der Waals surface area contributed by atoms with Crippen LogP contribution in [0.25, 0.3) is 0 Å². The third-order valence-electron chi connectivity index (χ3n) is 6.12. The highest BCUT2D eigenvalue weighted by atomic mass is 32.1. The fraction of sp³-hybridized carbons (Fsp3) is 0.650. The molecule has 0 aromatic heterocycles. The number of para-hydroxylation sites is 2. The van der Waals surface area contributed by atoms with Crippen molar-refractivity contribution in [2.75, 3.05) is 37.7 Å². The number of hydrogen-bond acceptors (Lipinski definition) is 3. The van der Waals surface area contributed by atoms with Gasteiger partial charge in [0, 0.05) is 32.2 Å². The summed E-state index contributed by atoms with van der Waals surface area (Å²) in [7, 11) is 0. The minimum atomic E-state index is 0.628. The first-order chi connectivity index (χ1) is 12.2. The van der Waals surface area contributed by atoms with Gasteiger partial charge in [-0.05, 0) is 62.4 Å². The van der Waals surface area contributed by atoms with Crippen LogP contribution in [0.1, 0.15) is 32.6 Å². The lowest BCUT2D eigenvalue weighted by atomic mass is 9.95. The highest BCUT2D eigenvalue weighted by Gasteiger charge is 2.40. The summed E-state index contributed by atoms with van der Waals surface area (Å²) in [6.45, 7) is 6.68. The van der Waals surface area contributed by atoms with Crippen LogP contribution in [0, 0.1) is 11.8 Å². The van der Waals surface area contributed by atoms with Crippen molar-refractivity contribution in [3.8, 4) is 5.75 Å². The molecule has 1 aliphatic heterocycles. The van der Waals surface area contributed by atoms with Crippen LogP contribution < -0.4 is 15.0 Å². The van der Waals surface area contributed by atoms with Crippen molar-refractivity contribution in [2.45, 2.75) is 38.6 Å². The minimum absolute atomic E-state index is 0.628. The van der Waals surface area contributed by atoms with Crippen LogP contribution in [0.3, 0.4) is 0 Å². The zero-order valence-electron chi connectivity index (χ0n) is 15.1. The highest BCUT2D eigenvalue weighted by molar-refractivity contribution is 7.80. The Kier molecular flexibility index (Phi) is 5.02. The Morgan fingerprint density at radius 3 is 2.64 bits per heavy atom. The number of rotatable bonds is 4. The minimum Gasteiger partial charge on any atom is -0.492 e. The molecule has 136 valence electrons. The van der Waals surface area contributed by atoms with Gasteiger partial charge in [-0.1, -0.05) is 18.6 Å². The number of thiocarbonyl (C=S) groups is 1. The molecular formula is C20H29N3OS. The van der Waals surface area contributed by atoms with Gasteiger partial charge in [-0.15, -0.1) is 0 Å². The lowest BCUT2D eigenvalue weighted by Gasteiger charge is -2.39. The average Bonchev–Trinajstić information content (AvgIpc) is 3.26. The maximum Gasteiger partial charge on any atom is 0.169 e. The maximum absolute atomic E-state index is 5.79. The zero-order chi connectivity index (χ0) is 17.2. The van der Waals surface area contributed by atoms with E-state index in [-0.39, 0.29) is 0 Å². The van der Waals surface area contributed by atoms with Crippen LogP contribution in [-0.4, -0.2) is 48.8 Å². The van der Waals surface area contributed by atoms with E-state index in [4.69, 9.17) is 17.0 Å². The van der Waals surface area contributed by atoms with Crippen LogP contribution >= 0.6 is 12.2 Å². The molecule has 4 rings (SSSR count). The second-order valence-electron chi connectivity index (χ2n) is 7.61. The first-order valence-corrected chi connectivity index (χ1v) is 10.2. The summed E-state index contributed by atoms with van der Waals surface area (Å²) >= 11 is 5.72. The molecule has 25 heavy (non-hydrogen) atoms. The van der Waals surface area contributed by atoms with Gasteiger partial charge in [-0.2, -0.15) is 0 Å². The van der Waals surface area contributed by atoms with E-state index < -0.39 is 0 Å². The van der Waals surface area contributed by atoms with Gasteiger partial charge >= 0.3 is 0 Å². The maximum atomic E-state index is 5.79. The molecule has 2 saturated carbocycles. The van der Waals surface area contributed by atoms with Crippen LogP contribution in [-0.2, 0) is 0 Å². The van der Waals surface area contributed by atoms with Gasteiger partial charge in [0.25, 0.3) is 0 Å². The topological polar surface area (TPSA) is 27.7 Å². The van der Waals surface area contributed by atoms with E-state index in [1.54, 1.807) is 0 Å². The predicted molar refractivity (Wildman–Crippen MR) is 106 cm³/mol. The van der Waals surface area contributed by atoms with Crippen molar-refractivity contribution in [2.24, 2.45) is 11.8 Å². The number of piperazine rings is 1. The van der Waals surface area contributed by atoms with Crippen molar-refractivity contribution in [3.63, 3.8) is 0 Å². The zero-order valence-corrected chi connectivity index (χ0v) is 15.9. The van der Waals surface area contributed by atoms with Gasteiger partial charge in [0.15, 0.2) is 5.11 Å². The standard InChI is InChI=1S/C20H29N3OS/c1-2-24-19-6-4-3-5-18(19)22-9-11-23(12-10-22)20(25)21-17-14-15-7-8-16(17)13-15/h3-6,15-17H,2,7-14H2,1H3,(H,21,25)/t15-,16+,17+/m1/s1. The van der Waals surface area contributed by atoms with E-state index in [1.165, 1.54) is 31.4 Å². The monoisotopic (exact) mass is 359 g/mol. The molecule has 3 fully saturated rings. The van der Waals surface area contributed by atoms with Crippen LogP contribution in [0.4, 0.5) is 5.69 Å². The molecule has 0 amide bonds. The van der Waals surface area contributed by atoms with Crippen molar-refractivity contribution >= 4 is 23.0 Å². The quantitative estimate of drug-likeness (QED) is 0.833. The number of hydrogen-bond donors (Lipinski definition) is 1. The Morgan fingerprint density at radius 1 is 1.16 bits per heavy atom. The van der Waals surface area contributed by atoms with E-state index in [0.29, 0.717) is 12.6 Å². The van der Waals surface area contributed by atoms with Crippen molar-refractivity contribution < 1.29 is 4.74 Å². The largest absolute Gasteiger partial charge is 0.492 e. The number of anilines is 1. The Labute approximate surface area is 156 Å². The molecule has 5 heteroatoms. The summed E-state index contributed by atoms with van der Waals surface area (Å²) in [5.41, 5.74) is 1.20. The van der Waals surface area contributed by atoms with Gasteiger partial charge in [0.05, 0.1) is 12.3 Å². The Hall–Kier alpha value is -1.49. The van der Waals surface area contributed by atoms with Crippen molar-refractivity contribution in [3.05, 3.63) is 24.3 Å². The molecule has 1 aromatic carbocycles. The second-order valence-corrected chi connectivity index (χ2v) is 7.99. The van der Waals surface area contributed by atoms with Crippen molar-refractivity contribution in [1.82, 2.24) is 10.2 Å². The smallest absolute Gasteiger partial charge is 0.169 e.